The molecule has 5 nitrogen and oxygen atoms in total. The lowest BCUT2D eigenvalue weighted by Gasteiger charge is -2.33. The lowest BCUT2D eigenvalue weighted by atomic mass is 9.84. The number of ether oxygens (including phenoxy) is 1. The zero-order chi connectivity index (χ0) is 14.5. The Morgan fingerprint density at radius 3 is 2.42 bits per heavy atom. The third kappa shape index (κ3) is 5.46. The number of hydrogen-bond acceptors (Lipinski definition) is 3. The molecule has 0 aromatic heterocycles. The monoisotopic (exact) mass is 283 g/mol. The molecule has 0 spiro atoms. The van der Waals surface area contributed by atoms with Crippen molar-refractivity contribution in [2.45, 2.75) is 37.9 Å². The van der Waals surface area contributed by atoms with Crippen molar-refractivity contribution in [1.82, 2.24) is 5.32 Å². The van der Waals surface area contributed by atoms with Crippen molar-refractivity contribution in [3.05, 3.63) is 0 Å². The maximum absolute atomic E-state index is 12.7. The summed E-state index contributed by atoms with van der Waals surface area (Å²) in [5.74, 6) is -3.49. The summed E-state index contributed by atoms with van der Waals surface area (Å²) in [6.07, 6.45) is -2.93. The molecule has 2 N–H and O–H groups in total. The zero-order valence-corrected chi connectivity index (χ0v) is 10.2. The zero-order valence-electron chi connectivity index (χ0n) is 10.2. The Labute approximate surface area is 108 Å². The first-order valence-electron chi connectivity index (χ1n) is 5.96. The fourth-order valence-corrected chi connectivity index (χ4v) is 2.17. The molecule has 1 fully saturated rings. The molecule has 0 bridgehead atoms. The Hall–Kier alpha value is -1.31. The topological polar surface area (TPSA) is 75.6 Å². The molecule has 0 radical (unpaired) electrons. The number of carboxylic acid groups (broad SMARTS) is 1. The predicted octanol–water partition coefficient (Wildman–Crippen LogP) is 1.32. The van der Waals surface area contributed by atoms with Crippen molar-refractivity contribution in [2.75, 3.05) is 13.2 Å². The van der Waals surface area contributed by atoms with Crippen LogP contribution in [0.4, 0.5) is 13.2 Å². The summed E-state index contributed by atoms with van der Waals surface area (Å²) in [7, 11) is 0. The number of carboxylic acids is 1. The molecule has 1 aliphatic carbocycles. The van der Waals surface area contributed by atoms with E-state index in [1.165, 1.54) is 0 Å². The highest BCUT2D eigenvalue weighted by molar-refractivity contribution is 5.78. The van der Waals surface area contributed by atoms with E-state index in [0.29, 0.717) is 12.8 Å². The SMILES string of the molecule is O=C(O)COCC(=O)NC1CCCCC1C(F)(F)F. The van der Waals surface area contributed by atoms with Crippen molar-refractivity contribution in [3.63, 3.8) is 0 Å². The summed E-state index contributed by atoms with van der Waals surface area (Å²) in [6, 6.07) is -0.949. The molecule has 0 saturated heterocycles. The van der Waals surface area contributed by atoms with Crippen LogP contribution in [0.25, 0.3) is 0 Å². The Kier molecular flexibility index (Phi) is 5.59. The van der Waals surface area contributed by atoms with E-state index in [1.807, 2.05) is 0 Å². The standard InChI is InChI=1S/C11H16F3NO4/c12-11(13,14)7-3-1-2-4-8(7)15-9(16)5-19-6-10(17)18/h7-8H,1-6H2,(H,15,16)(H,17,18). The van der Waals surface area contributed by atoms with Gasteiger partial charge in [0.05, 0.1) is 5.92 Å². The van der Waals surface area contributed by atoms with Crippen LogP contribution in [0, 0.1) is 5.92 Å². The van der Waals surface area contributed by atoms with Crippen LogP contribution < -0.4 is 5.32 Å². The van der Waals surface area contributed by atoms with Gasteiger partial charge in [-0.1, -0.05) is 12.8 Å². The molecule has 2 unspecified atom stereocenters. The molecule has 0 heterocycles. The van der Waals surface area contributed by atoms with Gasteiger partial charge in [-0.15, -0.1) is 0 Å². The molecular formula is C11H16F3NO4. The maximum atomic E-state index is 12.7. The predicted molar refractivity (Wildman–Crippen MR) is 58.4 cm³/mol. The summed E-state index contributed by atoms with van der Waals surface area (Å²) < 4.78 is 42.7. The minimum Gasteiger partial charge on any atom is -0.480 e. The van der Waals surface area contributed by atoms with E-state index in [0.717, 1.165) is 0 Å². The van der Waals surface area contributed by atoms with E-state index in [-0.39, 0.29) is 12.8 Å². The lowest BCUT2D eigenvalue weighted by molar-refractivity contribution is -0.189. The van der Waals surface area contributed by atoms with Gasteiger partial charge in [0.15, 0.2) is 0 Å². The number of amides is 1. The maximum Gasteiger partial charge on any atom is 0.393 e. The number of halogens is 3. The molecule has 0 aromatic carbocycles. The van der Waals surface area contributed by atoms with Crippen LogP contribution in [0.3, 0.4) is 0 Å². The number of aliphatic carboxylic acids is 1. The van der Waals surface area contributed by atoms with E-state index in [2.05, 4.69) is 10.1 Å². The van der Waals surface area contributed by atoms with Gasteiger partial charge in [-0.25, -0.2) is 4.79 Å². The second-order valence-electron chi connectivity index (χ2n) is 4.49. The molecule has 110 valence electrons. The summed E-state index contributed by atoms with van der Waals surface area (Å²) in [6.45, 7) is -1.20. The van der Waals surface area contributed by atoms with Gasteiger partial charge in [-0.05, 0) is 12.8 Å². The smallest absolute Gasteiger partial charge is 0.393 e. The van der Waals surface area contributed by atoms with Crippen LogP contribution in [-0.4, -0.2) is 42.4 Å². The van der Waals surface area contributed by atoms with Gasteiger partial charge in [-0.3, -0.25) is 4.79 Å². The molecule has 8 heteroatoms. The third-order valence-corrected chi connectivity index (χ3v) is 2.99. The number of rotatable bonds is 5. The van der Waals surface area contributed by atoms with Gasteiger partial charge in [0.25, 0.3) is 0 Å². The Balaban J connectivity index is 2.44. The highest BCUT2D eigenvalue weighted by Gasteiger charge is 2.45. The molecule has 2 atom stereocenters. The minimum absolute atomic E-state index is 0.00439. The quantitative estimate of drug-likeness (QED) is 0.798. The largest absolute Gasteiger partial charge is 0.480 e. The first kappa shape index (κ1) is 15.7. The van der Waals surface area contributed by atoms with Crippen LogP contribution >= 0.6 is 0 Å². The number of hydrogen-bond donors (Lipinski definition) is 2. The van der Waals surface area contributed by atoms with Crippen molar-refractivity contribution >= 4 is 11.9 Å². The highest BCUT2D eigenvalue weighted by Crippen LogP contribution is 2.37. The van der Waals surface area contributed by atoms with E-state index in [4.69, 9.17) is 5.11 Å². The van der Waals surface area contributed by atoms with Gasteiger partial charge in [0, 0.05) is 6.04 Å². The summed E-state index contributed by atoms with van der Waals surface area (Å²) in [5, 5.41) is 10.6. The van der Waals surface area contributed by atoms with Crippen LogP contribution in [0.1, 0.15) is 25.7 Å². The average molecular weight is 283 g/mol. The Bertz CT molecular complexity index is 332. The highest BCUT2D eigenvalue weighted by atomic mass is 19.4. The first-order chi connectivity index (χ1) is 8.80. The number of carbonyl (C=O) groups is 2. The van der Waals surface area contributed by atoms with E-state index in [9.17, 15) is 22.8 Å². The van der Waals surface area contributed by atoms with E-state index < -0.39 is 43.2 Å². The third-order valence-electron chi connectivity index (χ3n) is 2.99. The van der Waals surface area contributed by atoms with Gasteiger partial charge in [0.1, 0.15) is 13.2 Å². The van der Waals surface area contributed by atoms with Gasteiger partial charge in [-0.2, -0.15) is 13.2 Å². The summed E-state index contributed by atoms with van der Waals surface area (Å²) in [4.78, 5) is 21.5. The van der Waals surface area contributed by atoms with Crippen LogP contribution in [0.5, 0.6) is 0 Å². The molecule has 0 aromatic rings. The summed E-state index contributed by atoms with van der Waals surface area (Å²) in [5.41, 5.74) is 0. The van der Waals surface area contributed by atoms with Crippen LogP contribution in [0.15, 0.2) is 0 Å². The van der Waals surface area contributed by atoms with Gasteiger partial charge >= 0.3 is 12.1 Å². The first-order valence-corrected chi connectivity index (χ1v) is 5.96. The number of nitrogens with one attached hydrogen (secondary N) is 1. The molecule has 1 amide bonds. The molecule has 1 rings (SSSR count). The number of carbonyl (C=O) groups excluding carboxylic acids is 1. The fraction of sp³-hybridized carbons (Fsp3) is 0.818. The van der Waals surface area contributed by atoms with Crippen molar-refractivity contribution in [2.24, 2.45) is 5.92 Å². The Morgan fingerprint density at radius 1 is 1.21 bits per heavy atom. The second kappa shape index (κ2) is 6.74. The van der Waals surface area contributed by atoms with Gasteiger partial charge < -0.3 is 15.2 Å². The normalized spacial score (nSPS) is 23.9. The average Bonchev–Trinajstić information content (AvgIpc) is 2.27. The Morgan fingerprint density at radius 2 is 1.84 bits per heavy atom. The van der Waals surface area contributed by atoms with Crippen LogP contribution in [0.2, 0.25) is 0 Å². The molecule has 1 saturated carbocycles. The molecule has 0 aliphatic heterocycles. The lowest BCUT2D eigenvalue weighted by Crippen LogP contribution is -2.48. The summed E-state index contributed by atoms with van der Waals surface area (Å²) >= 11 is 0. The molecular weight excluding hydrogens is 267 g/mol. The van der Waals surface area contributed by atoms with Gasteiger partial charge in [0.2, 0.25) is 5.91 Å². The molecule has 19 heavy (non-hydrogen) atoms. The van der Waals surface area contributed by atoms with E-state index >= 15 is 0 Å². The fourth-order valence-electron chi connectivity index (χ4n) is 2.17. The van der Waals surface area contributed by atoms with E-state index in [1.54, 1.807) is 0 Å². The second-order valence-corrected chi connectivity index (χ2v) is 4.49. The minimum atomic E-state index is -4.33. The van der Waals surface area contributed by atoms with Crippen molar-refractivity contribution < 1.29 is 32.6 Å². The molecule has 1 aliphatic rings. The van der Waals surface area contributed by atoms with Crippen molar-refractivity contribution in [3.8, 4) is 0 Å². The number of alkyl halides is 3. The van der Waals surface area contributed by atoms with Crippen molar-refractivity contribution in [1.29, 1.82) is 0 Å². The van der Waals surface area contributed by atoms with Crippen LogP contribution in [-0.2, 0) is 14.3 Å².